The van der Waals surface area contributed by atoms with Gasteiger partial charge in [-0.05, 0) is 43.2 Å². The molecule has 5 rings (SSSR count). The highest BCUT2D eigenvalue weighted by Gasteiger charge is 2.26. The van der Waals surface area contributed by atoms with Gasteiger partial charge in [0.2, 0.25) is 0 Å². The molecule has 4 aromatic rings. The van der Waals surface area contributed by atoms with Crippen molar-refractivity contribution in [2.45, 2.75) is 25.4 Å². The summed E-state index contributed by atoms with van der Waals surface area (Å²) in [5, 5.41) is 13.6. The van der Waals surface area contributed by atoms with Crippen molar-refractivity contribution < 1.29 is 4.74 Å². The van der Waals surface area contributed by atoms with Crippen LogP contribution in [0, 0.1) is 0 Å². The number of hydrogen-bond acceptors (Lipinski definition) is 8. The number of pyridine rings is 1. The van der Waals surface area contributed by atoms with Gasteiger partial charge in [0.25, 0.3) is 0 Å². The highest BCUT2D eigenvalue weighted by atomic mass is 16.5. The lowest BCUT2D eigenvalue weighted by Gasteiger charge is -2.32. The smallest absolute Gasteiger partial charge is 0.177 e. The van der Waals surface area contributed by atoms with Gasteiger partial charge in [0.1, 0.15) is 12.4 Å². The van der Waals surface area contributed by atoms with Crippen molar-refractivity contribution in [3.05, 3.63) is 60.6 Å². The van der Waals surface area contributed by atoms with Gasteiger partial charge in [-0.25, -0.2) is 9.97 Å². The van der Waals surface area contributed by atoms with E-state index < -0.39 is 0 Å². The number of rotatable bonds is 5. The standard InChI is InChI=1S/C21H22N8O/c1-30-14-18-23-10-6-19(24-18)28-11-7-15(8-12-28)21-26-25-20-5-4-17(27-29(20)21)16-3-2-9-22-13-16/h2-6,9-10,13,15H,7-8,11-12,14H2,1H3. The number of ether oxygens (including phenoxy) is 1. The maximum atomic E-state index is 5.15. The summed E-state index contributed by atoms with van der Waals surface area (Å²) in [5.74, 6) is 2.86. The lowest BCUT2D eigenvalue weighted by atomic mass is 9.96. The average Bonchev–Trinajstić information content (AvgIpc) is 3.23. The van der Waals surface area contributed by atoms with Crippen molar-refractivity contribution in [2.75, 3.05) is 25.1 Å². The van der Waals surface area contributed by atoms with Gasteiger partial charge in [-0.1, -0.05) is 0 Å². The van der Waals surface area contributed by atoms with E-state index in [1.807, 2.05) is 41.0 Å². The third-order valence-corrected chi connectivity index (χ3v) is 5.39. The molecule has 0 bridgehead atoms. The molecule has 0 aromatic carbocycles. The van der Waals surface area contributed by atoms with E-state index in [0.29, 0.717) is 18.3 Å². The van der Waals surface area contributed by atoms with Gasteiger partial charge < -0.3 is 9.64 Å². The van der Waals surface area contributed by atoms with E-state index in [2.05, 4.69) is 30.0 Å². The van der Waals surface area contributed by atoms with Gasteiger partial charge in [0.15, 0.2) is 17.3 Å². The van der Waals surface area contributed by atoms with Gasteiger partial charge in [-0.2, -0.15) is 9.61 Å². The highest BCUT2D eigenvalue weighted by molar-refractivity contribution is 5.58. The highest BCUT2D eigenvalue weighted by Crippen LogP contribution is 2.29. The number of fused-ring (bicyclic) bond motifs is 1. The number of anilines is 1. The maximum Gasteiger partial charge on any atom is 0.177 e. The van der Waals surface area contributed by atoms with Crippen LogP contribution in [0.15, 0.2) is 48.9 Å². The first-order valence-electron chi connectivity index (χ1n) is 10.0. The third-order valence-electron chi connectivity index (χ3n) is 5.39. The molecule has 9 nitrogen and oxygen atoms in total. The normalized spacial score (nSPS) is 15.0. The monoisotopic (exact) mass is 402 g/mol. The summed E-state index contributed by atoms with van der Waals surface area (Å²) in [7, 11) is 1.65. The summed E-state index contributed by atoms with van der Waals surface area (Å²) < 4.78 is 7.03. The fraction of sp³-hybridized carbons (Fsp3) is 0.333. The average molecular weight is 402 g/mol. The van der Waals surface area contributed by atoms with Gasteiger partial charge >= 0.3 is 0 Å². The molecule has 1 saturated heterocycles. The first-order chi connectivity index (χ1) is 14.8. The molecule has 30 heavy (non-hydrogen) atoms. The van der Waals surface area contributed by atoms with Crippen LogP contribution in [0.4, 0.5) is 5.82 Å². The minimum absolute atomic E-state index is 0.299. The number of nitrogens with zero attached hydrogens (tertiary/aromatic N) is 8. The lowest BCUT2D eigenvalue weighted by Crippen LogP contribution is -2.34. The molecule has 1 aliphatic rings. The minimum Gasteiger partial charge on any atom is -0.377 e. The second-order valence-corrected chi connectivity index (χ2v) is 7.31. The molecule has 0 radical (unpaired) electrons. The van der Waals surface area contributed by atoms with Gasteiger partial charge in [0.05, 0.1) is 5.69 Å². The van der Waals surface area contributed by atoms with Crippen LogP contribution in [-0.2, 0) is 11.3 Å². The van der Waals surface area contributed by atoms with Crippen LogP contribution < -0.4 is 4.90 Å². The number of piperidine rings is 1. The van der Waals surface area contributed by atoms with Crippen molar-refractivity contribution in [1.82, 2.24) is 34.8 Å². The van der Waals surface area contributed by atoms with Crippen molar-refractivity contribution in [3.8, 4) is 11.3 Å². The van der Waals surface area contributed by atoms with Crippen LogP contribution in [0.25, 0.3) is 16.9 Å². The molecule has 0 N–H and O–H groups in total. The molecule has 0 atom stereocenters. The van der Waals surface area contributed by atoms with E-state index in [9.17, 15) is 0 Å². The largest absolute Gasteiger partial charge is 0.377 e. The second kappa shape index (κ2) is 8.11. The van der Waals surface area contributed by atoms with Crippen molar-refractivity contribution in [2.24, 2.45) is 0 Å². The zero-order valence-electron chi connectivity index (χ0n) is 16.7. The summed E-state index contributed by atoms with van der Waals surface area (Å²) in [6.07, 6.45) is 7.29. The molecule has 152 valence electrons. The van der Waals surface area contributed by atoms with Gasteiger partial charge in [-0.3, -0.25) is 4.98 Å². The summed E-state index contributed by atoms with van der Waals surface area (Å²) in [6.45, 7) is 2.21. The Hall–Kier alpha value is -3.46. The van der Waals surface area contributed by atoms with Crippen LogP contribution in [-0.4, -0.2) is 55.0 Å². The summed E-state index contributed by atoms with van der Waals surface area (Å²) in [6, 6.07) is 9.78. The van der Waals surface area contributed by atoms with Gasteiger partial charge in [0, 0.05) is 50.3 Å². The van der Waals surface area contributed by atoms with E-state index >= 15 is 0 Å². The predicted molar refractivity (Wildman–Crippen MR) is 111 cm³/mol. The van der Waals surface area contributed by atoms with E-state index in [4.69, 9.17) is 9.84 Å². The zero-order chi connectivity index (χ0) is 20.3. The molecule has 0 saturated carbocycles. The Labute approximate surface area is 173 Å². The topological polar surface area (TPSA) is 94.2 Å². The van der Waals surface area contributed by atoms with Crippen molar-refractivity contribution >= 4 is 11.5 Å². The van der Waals surface area contributed by atoms with Crippen LogP contribution in [0.3, 0.4) is 0 Å². The molecule has 1 fully saturated rings. The molecule has 1 aliphatic heterocycles. The quantitative estimate of drug-likeness (QED) is 0.503. The third kappa shape index (κ3) is 3.59. The zero-order valence-corrected chi connectivity index (χ0v) is 16.7. The van der Waals surface area contributed by atoms with Crippen LogP contribution >= 0.6 is 0 Å². The predicted octanol–water partition coefficient (Wildman–Crippen LogP) is 2.51. The SMILES string of the molecule is COCc1nccc(N2CCC(c3nnc4ccc(-c5cccnc5)nn34)CC2)n1. The molecule has 0 amide bonds. The fourth-order valence-electron chi connectivity index (χ4n) is 3.86. The number of aromatic nitrogens is 7. The number of methoxy groups -OCH3 is 1. The molecule has 4 aromatic heterocycles. The summed E-state index contributed by atoms with van der Waals surface area (Å²) in [4.78, 5) is 15.3. The van der Waals surface area contributed by atoms with E-state index in [1.165, 1.54) is 0 Å². The van der Waals surface area contributed by atoms with Crippen LogP contribution in [0.2, 0.25) is 0 Å². The molecule has 0 unspecified atom stereocenters. The molecule has 5 heterocycles. The van der Waals surface area contributed by atoms with Crippen LogP contribution in [0.1, 0.15) is 30.4 Å². The van der Waals surface area contributed by atoms with E-state index in [1.54, 1.807) is 19.5 Å². The Balaban J connectivity index is 1.35. The van der Waals surface area contributed by atoms with Crippen molar-refractivity contribution in [1.29, 1.82) is 0 Å². The van der Waals surface area contributed by atoms with E-state index in [-0.39, 0.29) is 0 Å². The first kappa shape index (κ1) is 18.6. The number of hydrogen-bond donors (Lipinski definition) is 0. The maximum absolute atomic E-state index is 5.15. The molecule has 0 spiro atoms. The Morgan fingerprint density at radius 2 is 1.97 bits per heavy atom. The molecule has 9 heteroatoms. The second-order valence-electron chi connectivity index (χ2n) is 7.31. The summed E-state index contributed by atoms with van der Waals surface area (Å²) in [5.41, 5.74) is 2.60. The molecular weight excluding hydrogens is 380 g/mol. The Bertz CT molecular complexity index is 1140. The Morgan fingerprint density at radius 3 is 2.77 bits per heavy atom. The lowest BCUT2D eigenvalue weighted by molar-refractivity contribution is 0.178. The minimum atomic E-state index is 0.299. The van der Waals surface area contributed by atoms with Crippen molar-refractivity contribution in [3.63, 3.8) is 0 Å². The first-order valence-corrected chi connectivity index (χ1v) is 10.0. The Kier molecular flexibility index (Phi) is 5.02. The molecule has 0 aliphatic carbocycles. The van der Waals surface area contributed by atoms with Gasteiger partial charge in [-0.15, -0.1) is 10.2 Å². The van der Waals surface area contributed by atoms with Crippen LogP contribution in [0.5, 0.6) is 0 Å². The fourth-order valence-corrected chi connectivity index (χ4v) is 3.86. The summed E-state index contributed by atoms with van der Waals surface area (Å²) >= 11 is 0. The molecular formula is C21H22N8O. The van der Waals surface area contributed by atoms with E-state index in [0.717, 1.165) is 54.5 Å². The Morgan fingerprint density at radius 1 is 1.07 bits per heavy atom.